The molecule has 0 bridgehead atoms. The van der Waals surface area contributed by atoms with E-state index >= 15 is 0 Å². The van der Waals surface area contributed by atoms with Crippen molar-refractivity contribution in [2.24, 2.45) is 0 Å². The highest BCUT2D eigenvalue weighted by atomic mass is 16.5. The van der Waals surface area contributed by atoms with Crippen LogP contribution in [0.1, 0.15) is 23.6 Å². The van der Waals surface area contributed by atoms with Gasteiger partial charge < -0.3 is 15.8 Å². The predicted octanol–water partition coefficient (Wildman–Crippen LogP) is 2.77. The Morgan fingerprint density at radius 2 is 2.21 bits per heavy atom. The van der Waals surface area contributed by atoms with Crippen molar-refractivity contribution in [1.82, 2.24) is 4.98 Å². The van der Waals surface area contributed by atoms with E-state index in [0.29, 0.717) is 11.9 Å². The normalized spacial score (nSPS) is 17.0. The maximum absolute atomic E-state index is 5.82. The first kappa shape index (κ1) is 11.8. The number of aromatic nitrogens is 1. The smallest absolute Gasteiger partial charge is 0.214 e. The van der Waals surface area contributed by atoms with Crippen LogP contribution in [0.4, 0.5) is 11.5 Å². The molecule has 1 unspecified atom stereocenters. The molecule has 0 aliphatic heterocycles. The molecule has 4 nitrogen and oxygen atoms in total. The molecule has 1 aliphatic carbocycles. The lowest BCUT2D eigenvalue weighted by molar-refractivity contribution is 0.398. The van der Waals surface area contributed by atoms with Gasteiger partial charge in [-0.1, -0.05) is 12.1 Å². The summed E-state index contributed by atoms with van der Waals surface area (Å²) in [6.45, 7) is 0. The van der Waals surface area contributed by atoms with Gasteiger partial charge in [0.2, 0.25) is 5.88 Å². The average Bonchev–Trinajstić information content (AvgIpc) is 2.81. The van der Waals surface area contributed by atoms with Crippen LogP contribution in [0.15, 0.2) is 36.4 Å². The molecule has 1 aromatic heterocycles. The summed E-state index contributed by atoms with van der Waals surface area (Å²) >= 11 is 0. The fourth-order valence-corrected chi connectivity index (χ4v) is 2.57. The molecule has 0 spiro atoms. The van der Waals surface area contributed by atoms with E-state index < -0.39 is 0 Å². The van der Waals surface area contributed by atoms with E-state index in [-0.39, 0.29) is 0 Å². The Balaban J connectivity index is 1.82. The Labute approximate surface area is 112 Å². The van der Waals surface area contributed by atoms with Crippen LogP contribution in [0, 0.1) is 0 Å². The number of fused-ring (bicyclic) bond motifs is 1. The van der Waals surface area contributed by atoms with Crippen LogP contribution < -0.4 is 15.8 Å². The SMILES string of the molecule is COc1cccc(NC2CCc3cc(N)ccc32)n1. The van der Waals surface area contributed by atoms with Crippen molar-refractivity contribution in [3.05, 3.63) is 47.5 Å². The minimum Gasteiger partial charge on any atom is -0.481 e. The third-order valence-electron chi connectivity index (χ3n) is 3.50. The van der Waals surface area contributed by atoms with Crippen LogP contribution >= 0.6 is 0 Å². The monoisotopic (exact) mass is 255 g/mol. The molecule has 1 aromatic carbocycles. The Bertz CT molecular complexity index is 598. The number of nitrogens with zero attached hydrogens (tertiary/aromatic N) is 1. The lowest BCUT2D eigenvalue weighted by atomic mass is 10.1. The molecule has 4 heteroatoms. The molecule has 0 radical (unpaired) electrons. The molecule has 0 saturated carbocycles. The number of aryl methyl sites for hydroxylation is 1. The third-order valence-corrected chi connectivity index (χ3v) is 3.50. The number of ether oxygens (including phenoxy) is 1. The zero-order valence-electron chi connectivity index (χ0n) is 10.9. The molecule has 2 aromatic rings. The van der Waals surface area contributed by atoms with E-state index in [1.165, 1.54) is 11.1 Å². The largest absolute Gasteiger partial charge is 0.481 e. The highest BCUT2D eigenvalue weighted by Gasteiger charge is 2.22. The summed E-state index contributed by atoms with van der Waals surface area (Å²) in [6.07, 6.45) is 2.12. The van der Waals surface area contributed by atoms with Gasteiger partial charge in [-0.25, -0.2) is 0 Å². The lowest BCUT2D eigenvalue weighted by Gasteiger charge is -2.15. The summed E-state index contributed by atoms with van der Waals surface area (Å²) in [5, 5.41) is 3.46. The maximum Gasteiger partial charge on any atom is 0.214 e. The van der Waals surface area contributed by atoms with E-state index in [0.717, 1.165) is 24.3 Å². The molecule has 1 atom stereocenters. The number of nitrogens with two attached hydrogens (primary N) is 1. The van der Waals surface area contributed by atoms with Gasteiger partial charge in [0, 0.05) is 11.8 Å². The summed E-state index contributed by atoms with van der Waals surface area (Å²) in [5.41, 5.74) is 9.30. The molecule has 0 saturated heterocycles. The van der Waals surface area contributed by atoms with Gasteiger partial charge >= 0.3 is 0 Å². The van der Waals surface area contributed by atoms with Gasteiger partial charge in [-0.2, -0.15) is 4.98 Å². The number of nitrogen functional groups attached to an aromatic ring is 1. The quantitative estimate of drug-likeness (QED) is 0.828. The molecule has 19 heavy (non-hydrogen) atoms. The van der Waals surface area contributed by atoms with Crippen molar-refractivity contribution in [3.63, 3.8) is 0 Å². The zero-order chi connectivity index (χ0) is 13.2. The highest BCUT2D eigenvalue weighted by molar-refractivity contribution is 5.50. The number of anilines is 2. The number of benzene rings is 1. The summed E-state index contributed by atoms with van der Waals surface area (Å²) in [7, 11) is 1.62. The summed E-state index contributed by atoms with van der Waals surface area (Å²) < 4.78 is 5.14. The second-order valence-corrected chi connectivity index (χ2v) is 4.76. The van der Waals surface area contributed by atoms with E-state index in [9.17, 15) is 0 Å². The van der Waals surface area contributed by atoms with Crippen LogP contribution in [-0.2, 0) is 6.42 Å². The molecule has 0 amide bonds. The molecular weight excluding hydrogens is 238 g/mol. The predicted molar refractivity (Wildman–Crippen MR) is 76.3 cm³/mol. The van der Waals surface area contributed by atoms with E-state index in [4.69, 9.17) is 10.5 Å². The lowest BCUT2D eigenvalue weighted by Crippen LogP contribution is -2.08. The number of nitrogens with one attached hydrogen (secondary N) is 1. The maximum atomic E-state index is 5.82. The van der Waals surface area contributed by atoms with E-state index in [2.05, 4.69) is 22.4 Å². The van der Waals surface area contributed by atoms with E-state index in [1.807, 2.05) is 24.3 Å². The van der Waals surface area contributed by atoms with Gasteiger partial charge in [-0.05, 0) is 42.2 Å². The highest BCUT2D eigenvalue weighted by Crippen LogP contribution is 2.34. The van der Waals surface area contributed by atoms with Crippen molar-refractivity contribution in [2.75, 3.05) is 18.2 Å². The van der Waals surface area contributed by atoms with Gasteiger partial charge in [0.1, 0.15) is 5.82 Å². The van der Waals surface area contributed by atoms with Crippen LogP contribution in [0.3, 0.4) is 0 Å². The van der Waals surface area contributed by atoms with Crippen molar-refractivity contribution in [1.29, 1.82) is 0 Å². The first-order valence-corrected chi connectivity index (χ1v) is 6.42. The van der Waals surface area contributed by atoms with Crippen LogP contribution in [0.5, 0.6) is 5.88 Å². The van der Waals surface area contributed by atoms with E-state index in [1.54, 1.807) is 7.11 Å². The molecule has 3 N–H and O–H groups in total. The molecule has 0 fully saturated rings. The van der Waals surface area contributed by atoms with Gasteiger partial charge in [0.25, 0.3) is 0 Å². The fraction of sp³-hybridized carbons (Fsp3) is 0.267. The fourth-order valence-electron chi connectivity index (χ4n) is 2.57. The Morgan fingerprint density at radius 1 is 1.32 bits per heavy atom. The molecule has 1 heterocycles. The number of methoxy groups -OCH3 is 1. The Kier molecular flexibility index (Phi) is 2.99. The van der Waals surface area contributed by atoms with Crippen LogP contribution in [-0.4, -0.2) is 12.1 Å². The third kappa shape index (κ3) is 2.34. The number of hydrogen-bond donors (Lipinski definition) is 2. The Morgan fingerprint density at radius 3 is 3.05 bits per heavy atom. The van der Waals surface area contributed by atoms with Crippen LogP contribution in [0.2, 0.25) is 0 Å². The average molecular weight is 255 g/mol. The number of pyridine rings is 1. The Hall–Kier alpha value is -2.23. The first-order valence-electron chi connectivity index (χ1n) is 6.42. The summed E-state index contributed by atoms with van der Waals surface area (Å²) in [5.74, 6) is 1.47. The first-order chi connectivity index (χ1) is 9.26. The van der Waals surface area contributed by atoms with Gasteiger partial charge in [-0.3, -0.25) is 0 Å². The minimum atomic E-state index is 0.301. The molecule has 3 rings (SSSR count). The summed E-state index contributed by atoms with van der Waals surface area (Å²) in [6, 6.07) is 12.2. The standard InChI is InChI=1S/C15H17N3O/c1-19-15-4-2-3-14(18-15)17-13-8-5-10-9-11(16)6-7-12(10)13/h2-4,6-7,9,13H,5,8,16H2,1H3,(H,17,18). The number of hydrogen-bond acceptors (Lipinski definition) is 4. The second kappa shape index (κ2) is 4.80. The minimum absolute atomic E-state index is 0.301. The van der Waals surface area contributed by atoms with Gasteiger partial charge in [0.05, 0.1) is 13.2 Å². The van der Waals surface area contributed by atoms with Crippen molar-refractivity contribution < 1.29 is 4.74 Å². The molecule has 1 aliphatic rings. The zero-order valence-corrected chi connectivity index (χ0v) is 10.9. The summed E-state index contributed by atoms with van der Waals surface area (Å²) in [4.78, 5) is 4.39. The van der Waals surface area contributed by atoms with Gasteiger partial charge in [-0.15, -0.1) is 0 Å². The topological polar surface area (TPSA) is 60.2 Å². The molecular formula is C15H17N3O. The molecule has 98 valence electrons. The second-order valence-electron chi connectivity index (χ2n) is 4.76. The van der Waals surface area contributed by atoms with Crippen molar-refractivity contribution in [3.8, 4) is 5.88 Å². The van der Waals surface area contributed by atoms with Crippen LogP contribution in [0.25, 0.3) is 0 Å². The van der Waals surface area contributed by atoms with Gasteiger partial charge in [0.15, 0.2) is 0 Å². The van der Waals surface area contributed by atoms with Crippen molar-refractivity contribution >= 4 is 11.5 Å². The number of rotatable bonds is 3. The van der Waals surface area contributed by atoms with Crippen molar-refractivity contribution in [2.45, 2.75) is 18.9 Å².